The van der Waals surface area contributed by atoms with E-state index in [0.29, 0.717) is 12.1 Å². The molecule has 0 aromatic carbocycles. The van der Waals surface area contributed by atoms with E-state index in [0.717, 1.165) is 21.5 Å². The third-order valence-electron chi connectivity index (χ3n) is 2.78. The van der Waals surface area contributed by atoms with Gasteiger partial charge in [-0.3, -0.25) is 0 Å². The molecule has 1 aliphatic rings. The van der Waals surface area contributed by atoms with Gasteiger partial charge in [0.25, 0.3) is 0 Å². The van der Waals surface area contributed by atoms with Gasteiger partial charge in [0.15, 0.2) is 0 Å². The minimum Gasteiger partial charge on any atom is -0.301 e. The van der Waals surface area contributed by atoms with E-state index in [4.69, 9.17) is 11.6 Å². The van der Waals surface area contributed by atoms with E-state index in [1.807, 2.05) is 11.4 Å². The molecule has 0 aliphatic carbocycles. The van der Waals surface area contributed by atoms with Crippen molar-refractivity contribution in [1.29, 1.82) is 0 Å². The smallest absolute Gasteiger partial charge is 0.0934 e. The van der Waals surface area contributed by atoms with Gasteiger partial charge in [-0.1, -0.05) is 43.0 Å². The van der Waals surface area contributed by atoms with Crippen LogP contribution in [0.3, 0.4) is 0 Å². The Kier molecular flexibility index (Phi) is 9.75. The average molecular weight is 376 g/mol. The summed E-state index contributed by atoms with van der Waals surface area (Å²) in [6.45, 7) is 8.97. The van der Waals surface area contributed by atoms with Crippen LogP contribution in [0, 0.1) is 0 Å². The second kappa shape index (κ2) is 11.0. The molecule has 0 saturated heterocycles. The normalized spacial score (nSPS) is 13.0. The zero-order valence-electron chi connectivity index (χ0n) is 12.4. The summed E-state index contributed by atoms with van der Waals surface area (Å²) in [5, 5.41) is 1.85. The van der Waals surface area contributed by atoms with Crippen LogP contribution < -0.4 is 0 Å². The van der Waals surface area contributed by atoms with E-state index in [-0.39, 0.29) is 0 Å². The molecule has 0 atom stereocenters. The molecule has 2 aromatic rings. The molecular formula is C16H19ClFNS3. The highest BCUT2D eigenvalue weighted by Gasteiger charge is 2.15. The summed E-state index contributed by atoms with van der Waals surface area (Å²) in [7, 11) is 2.15. The van der Waals surface area contributed by atoms with Crippen molar-refractivity contribution in [3.8, 4) is 0 Å². The number of nitrogens with zero attached hydrogens (tertiary/aromatic N) is 1. The summed E-state index contributed by atoms with van der Waals surface area (Å²) in [6, 6.07) is 5.68. The predicted octanol–water partition coefficient (Wildman–Crippen LogP) is 6.47. The van der Waals surface area contributed by atoms with Gasteiger partial charge in [-0.15, -0.1) is 22.7 Å². The molecule has 3 heterocycles. The zero-order valence-corrected chi connectivity index (χ0v) is 15.6. The van der Waals surface area contributed by atoms with E-state index in [9.17, 15) is 3.89 Å². The molecule has 0 unspecified atom stereocenters. The number of likely N-dealkylation sites (N-methyl/N-ethyl adjacent to an activating group) is 1. The molecule has 0 amide bonds. The molecule has 6 heteroatoms. The first kappa shape index (κ1) is 19.5. The summed E-state index contributed by atoms with van der Waals surface area (Å²) in [5.41, 5.74) is 1.46. The van der Waals surface area contributed by atoms with Crippen LogP contribution in [0.5, 0.6) is 0 Å². The second-order valence-electron chi connectivity index (χ2n) is 4.47. The van der Waals surface area contributed by atoms with Crippen molar-refractivity contribution in [3.05, 3.63) is 63.7 Å². The van der Waals surface area contributed by atoms with Gasteiger partial charge in [0, 0.05) is 18.0 Å². The maximum Gasteiger partial charge on any atom is 0.0934 e. The van der Waals surface area contributed by atoms with Gasteiger partial charge in [0.05, 0.1) is 20.7 Å². The Hall–Kier alpha value is -0.590. The molecule has 0 spiro atoms. The lowest BCUT2D eigenvalue weighted by atomic mass is 10.1. The standard InChI is InChI=1S/C8H10ClNS.C4H3FS2.C4H6/c1-10-3-2-6-4-8(9)11-7(6)5-10;5-7-4-2-1-3-6-4;1-3-4-2/h4H,2-3,5H2,1H3;1-3H;3-4H,1-2H2. The Morgan fingerprint density at radius 1 is 1.41 bits per heavy atom. The first-order valence-corrected chi connectivity index (χ1v) is 9.41. The third-order valence-corrected chi connectivity index (χ3v) is 5.50. The third kappa shape index (κ3) is 7.11. The number of thiophene rings is 2. The van der Waals surface area contributed by atoms with E-state index >= 15 is 0 Å². The maximum absolute atomic E-state index is 11.5. The molecule has 1 nitrogen and oxygen atoms in total. The topological polar surface area (TPSA) is 3.24 Å². The predicted molar refractivity (Wildman–Crippen MR) is 101 cm³/mol. The van der Waals surface area contributed by atoms with Crippen LogP contribution in [0.25, 0.3) is 0 Å². The quantitative estimate of drug-likeness (QED) is 0.553. The highest BCUT2D eigenvalue weighted by atomic mass is 35.5. The van der Waals surface area contributed by atoms with Crippen molar-refractivity contribution in [2.75, 3.05) is 13.6 Å². The largest absolute Gasteiger partial charge is 0.301 e. The van der Waals surface area contributed by atoms with Gasteiger partial charge < -0.3 is 4.90 Å². The lowest BCUT2D eigenvalue weighted by Crippen LogP contribution is -2.24. The molecule has 0 radical (unpaired) electrons. The summed E-state index contributed by atoms with van der Waals surface area (Å²) in [5.74, 6) is 0. The van der Waals surface area contributed by atoms with Crippen LogP contribution in [-0.4, -0.2) is 18.5 Å². The summed E-state index contributed by atoms with van der Waals surface area (Å²) >= 11 is 9.32. The fourth-order valence-corrected chi connectivity index (χ4v) is 4.03. The summed E-state index contributed by atoms with van der Waals surface area (Å²) < 4.78 is 13.1. The van der Waals surface area contributed by atoms with Gasteiger partial charge in [0.2, 0.25) is 0 Å². The van der Waals surface area contributed by atoms with Crippen LogP contribution in [0.4, 0.5) is 3.89 Å². The number of rotatable bonds is 2. The van der Waals surface area contributed by atoms with Crippen molar-refractivity contribution in [2.45, 2.75) is 17.2 Å². The molecular weight excluding hydrogens is 357 g/mol. The SMILES string of the molecule is C=CC=C.CN1CCc2cc(Cl)sc2C1.FSc1cccs1. The maximum atomic E-state index is 11.5. The molecule has 120 valence electrons. The Morgan fingerprint density at radius 2 is 2.14 bits per heavy atom. The number of fused-ring (bicyclic) bond motifs is 1. The Morgan fingerprint density at radius 3 is 2.64 bits per heavy atom. The number of hydrogen-bond donors (Lipinski definition) is 0. The van der Waals surface area contributed by atoms with Crippen LogP contribution in [0.2, 0.25) is 4.34 Å². The van der Waals surface area contributed by atoms with Crippen molar-refractivity contribution < 1.29 is 3.89 Å². The first-order valence-electron chi connectivity index (χ1n) is 6.61. The lowest BCUT2D eigenvalue weighted by molar-refractivity contribution is 0.317. The van der Waals surface area contributed by atoms with E-state index in [1.54, 1.807) is 29.6 Å². The van der Waals surface area contributed by atoms with Gasteiger partial charge in [0.1, 0.15) is 0 Å². The Balaban J connectivity index is 0.000000190. The molecule has 0 N–H and O–H groups in total. The molecule has 2 aromatic heterocycles. The molecule has 1 aliphatic heterocycles. The van der Waals surface area contributed by atoms with Gasteiger partial charge in [-0.2, -0.15) is 3.89 Å². The number of hydrogen-bond acceptors (Lipinski definition) is 4. The molecule has 3 rings (SSSR count). The van der Waals surface area contributed by atoms with Crippen LogP contribution >= 0.6 is 46.4 Å². The molecule has 0 bridgehead atoms. The number of halogens is 2. The summed E-state index contributed by atoms with van der Waals surface area (Å²) in [6.07, 6.45) is 4.44. The van der Waals surface area contributed by atoms with E-state index < -0.39 is 0 Å². The van der Waals surface area contributed by atoms with Crippen molar-refractivity contribution >= 4 is 46.4 Å². The minimum atomic E-state index is 0.294. The Bertz CT molecular complexity index is 560. The Labute approximate surface area is 149 Å². The fourth-order valence-electron chi connectivity index (χ4n) is 1.72. The van der Waals surface area contributed by atoms with Crippen LogP contribution in [0.15, 0.2) is 53.1 Å². The first-order chi connectivity index (χ1) is 10.6. The van der Waals surface area contributed by atoms with Crippen molar-refractivity contribution in [2.24, 2.45) is 0 Å². The fraction of sp³-hybridized carbons (Fsp3) is 0.250. The van der Waals surface area contributed by atoms with Crippen LogP contribution in [-0.2, 0) is 13.0 Å². The van der Waals surface area contributed by atoms with Gasteiger partial charge in [-0.25, -0.2) is 0 Å². The van der Waals surface area contributed by atoms with Crippen molar-refractivity contribution in [1.82, 2.24) is 4.90 Å². The monoisotopic (exact) mass is 375 g/mol. The second-order valence-corrected chi connectivity index (χ2v) is 8.04. The lowest BCUT2D eigenvalue weighted by Gasteiger charge is -2.21. The molecule has 22 heavy (non-hydrogen) atoms. The molecule has 0 fully saturated rings. The van der Waals surface area contributed by atoms with E-state index in [2.05, 4.69) is 31.2 Å². The minimum absolute atomic E-state index is 0.294. The summed E-state index contributed by atoms with van der Waals surface area (Å²) in [4.78, 5) is 3.78. The molecule has 0 saturated carbocycles. The highest BCUT2D eigenvalue weighted by molar-refractivity contribution is 7.96. The average Bonchev–Trinajstić information content (AvgIpc) is 3.16. The zero-order chi connectivity index (χ0) is 16.4. The van der Waals surface area contributed by atoms with E-state index in [1.165, 1.54) is 28.3 Å². The van der Waals surface area contributed by atoms with Gasteiger partial charge >= 0.3 is 0 Å². The highest BCUT2D eigenvalue weighted by Crippen LogP contribution is 2.30. The van der Waals surface area contributed by atoms with Crippen molar-refractivity contribution in [3.63, 3.8) is 0 Å². The number of allylic oxidation sites excluding steroid dienone is 2. The van der Waals surface area contributed by atoms with Crippen LogP contribution in [0.1, 0.15) is 10.4 Å². The van der Waals surface area contributed by atoms with Gasteiger partial charge in [-0.05, 0) is 36.5 Å².